The third-order valence-electron chi connectivity index (χ3n) is 3.39. The van der Waals surface area contributed by atoms with Gasteiger partial charge in [0.15, 0.2) is 0 Å². The molecule has 0 spiro atoms. The van der Waals surface area contributed by atoms with E-state index in [1.165, 1.54) is 29.5 Å². The Kier molecular flexibility index (Phi) is 7.11. The minimum absolute atomic E-state index is 0.440. The third kappa shape index (κ3) is 5.75. The summed E-state index contributed by atoms with van der Waals surface area (Å²) in [5, 5.41) is 3.69. The minimum atomic E-state index is 0.440. The van der Waals surface area contributed by atoms with Crippen LogP contribution < -0.4 is 5.32 Å². The number of hydrogen-bond donors (Lipinski definition) is 1. The summed E-state index contributed by atoms with van der Waals surface area (Å²) >= 11 is 0. The van der Waals surface area contributed by atoms with E-state index in [0.29, 0.717) is 6.04 Å². The molecule has 2 nitrogen and oxygen atoms in total. The summed E-state index contributed by atoms with van der Waals surface area (Å²) in [4.78, 5) is 2.42. The number of hydrogen-bond acceptors (Lipinski definition) is 2. The van der Waals surface area contributed by atoms with E-state index in [1.807, 2.05) is 0 Å². The van der Waals surface area contributed by atoms with Gasteiger partial charge in [0.1, 0.15) is 0 Å². The highest BCUT2D eigenvalue weighted by atomic mass is 15.1. The average molecular weight is 262 g/mol. The molecule has 0 saturated heterocycles. The number of aryl methyl sites for hydroxylation is 2. The van der Waals surface area contributed by atoms with Crippen molar-refractivity contribution in [2.45, 2.75) is 46.6 Å². The molecular weight excluding hydrogens is 232 g/mol. The van der Waals surface area contributed by atoms with Crippen LogP contribution in [0.5, 0.6) is 0 Å². The van der Waals surface area contributed by atoms with Crippen molar-refractivity contribution >= 4 is 0 Å². The second-order valence-corrected chi connectivity index (χ2v) is 5.69. The van der Waals surface area contributed by atoms with Crippen molar-refractivity contribution in [3.63, 3.8) is 0 Å². The summed E-state index contributed by atoms with van der Waals surface area (Å²) in [5.41, 5.74) is 4.14. The Hall–Kier alpha value is -0.860. The van der Waals surface area contributed by atoms with E-state index in [9.17, 15) is 0 Å². The van der Waals surface area contributed by atoms with Gasteiger partial charge in [-0.1, -0.05) is 43.2 Å². The number of likely N-dealkylation sites (N-methyl/N-ethyl adjacent to an activating group) is 1. The zero-order chi connectivity index (χ0) is 14.3. The molecule has 0 heterocycles. The van der Waals surface area contributed by atoms with Gasteiger partial charge >= 0.3 is 0 Å². The van der Waals surface area contributed by atoms with E-state index in [0.717, 1.165) is 19.6 Å². The van der Waals surface area contributed by atoms with Gasteiger partial charge in [-0.25, -0.2) is 0 Å². The van der Waals surface area contributed by atoms with Crippen LogP contribution in [0.15, 0.2) is 18.2 Å². The molecule has 0 saturated carbocycles. The summed E-state index contributed by atoms with van der Waals surface area (Å²) in [6, 6.07) is 7.33. The second kappa shape index (κ2) is 8.34. The van der Waals surface area contributed by atoms with Gasteiger partial charge in [0, 0.05) is 12.6 Å². The lowest BCUT2D eigenvalue weighted by Gasteiger charge is -2.25. The third-order valence-corrected chi connectivity index (χ3v) is 3.39. The quantitative estimate of drug-likeness (QED) is 0.768. The van der Waals surface area contributed by atoms with Gasteiger partial charge < -0.3 is 10.2 Å². The molecule has 1 rings (SSSR count). The fourth-order valence-electron chi connectivity index (χ4n) is 2.60. The molecule has 0 radical (unpaired) electrons. The molecule has 0 amide bonds. The van der Waals surface area contributed by atoms with Crippen molar-refractivity contribution in [2.75, 3.05) is 26.7 Å². The van der Waals surface area contributed by atoms with Gasteiger partial charge in [-0.05, 0) is 52.4 Å². The molecule has 19 heavy (non-hydrogen) atoms. The highest BCUT2D eigenvalue weighted by Crippen LogP contribution is 2.18. The van der Waals surface area contributed by atoms with Gasteiger partial charge in [0.05, 0.1) is 0 Å². The maximum absolute atomic E-state index is 3.69. The maximum Gasteiger partial charge on any atom is 0.0449 e. The van der Waals surface area contributed by atoms with Crippen LogP contribution >= 0.6 is 0 Å². The van der Waals surface area contributed by atoms with Crippen LogP contribution in [-0.4, -0.2) is 31.6 Å². The standard InChI is InChI=1S/C17H30N2/c1-6-8-18-17(13-19(5)9-7-2)16-11-14(3)10-15(4)12-16/h10-12,17-18H,6-9,13H2,1-5H3. The molecule has 1 aromatic carbocycles. The first-order chi connectivity index (χ1) is 9.06. The topological polar surface area (TPSA) is 15.3 Å². The smallest absolute Gasteiger partial charge is 0.0449 e. The van der Waals surface area contributed by atoms with Crippen molar-refractivity contribution < 1.29 is 0 Å². The fourth-order valence-corrected chi connectivity index (χ4v) is 2.60. The number of rotatable bonds is 8. The van der Waals surface area contributed by atoms with Crippen LogP contribution in [0.3, 0.4) is 0 Å². The van der Waals surface area contributed by atoms with E-state index in [-0.39, 0.29) is 0 Å². The zero-order valence-electron chi connectivity index (χ0n) is 13.3. The second-order valence-electron chi connectivity index (χ2n) is 5.69. The van der Waals surface area contributed by atoms with E-state index in [2.05, 4.69) is 63.2 Å². The Labute approximate surface area is 119 Å². The van der Waals surface area contributed by atoms with Gasteiger partial charge in [-0.2, -0.15) is 0 Å². The van der Waals surface area contributed by atoms with E-state index < -0.39 is 0 Å². The Morgan fingerprint density at radius 3 is 2.21 bits per heavy atom. The van der Waals surface area contributed by atoms with Crippen LogP contribution in [0.25, 0.3) is 0 Å². The Morgan fingerprint density at radius 2 is 1.68 bits per heavy atom. The number of nitrogens with one attached hydrogen (secondary N) is 1. The van der Waals surface area contributed by atoms with Crippen LogP contribution in [0.1, 0.15) is 49.4 Å². The van der Waals surface area contributed by atoms with Crippen molar-refractivity contribution in [1.29, 1.82) is 0 Å². The fraction of sp³-hybridized carbons (Fsp3) is 0.647. The Balaban J connectivity index is 2.82. The molecule has 0 fully saturated rings. The van der Waals surface area contributed by atoms with Gasteiger partial charge in [0.2, 0.25) is 0 Å². The molecule has 0 bridgehead atoms. The molecule has 1 atom stereocenters. The summed E-state index contributed by atoms with van der Waals surface area (Å²) in [5.74, 6) is 0. The molecule has 2 heteroatoms. The molecule has 0 aliphatic heterocycles. The zero-order valence-corrected chi connectivity index (χ0v) is 13.3. The molecule has 1 unspecified atom stereocenters. The summed E-state index contributed by atoms with van der Waals surface area (Å²) in [6.45, 7) is 12.2. The molecule has 1 aromatic rings. The highest BCUT2D eigenvalue weighted by molar-refractivity contribution is 5.30. The summed E-state index contributed by atoms with van der Waals surface area (Å²) < 4.78 is 0. The van der Waals surface area contributed by atoms with Crippen LogP contribution in [0.2, 0.25) is 0 Å². The molecular formula is C17H30N2. The normalized spacial score (nSPS) is 12.9. The Bertz CT molecular complexity index is 353. The van der Waals surface area contributed by atoms with E-state index in [4.69, 9.17) is 0 Å². The summed E-state index contributed by atoms with van der Waals surface area (Å²) in [6.07, 6.45) is 2.39. The lowest BCUT2D eigenvalue weighted by molar-refractivity contribution is 0.291. The number of nitrogens with zero attached hydrogens (tertiary/aromatic N) is 1. The molecule has 0 aliphatic rings. The Morgan fingerprint density at radius 1 is 1.05 bits per heavy atom. The van der Waals surface area contributed by atoms with Gasteiger partial charge in [-0.3, -0.25) is 0 Å². The van der Waals surface area contributed by atoms with E-state index >= 15 is 0 Å². The molecule has 0 aromatic heterocycles. The first-order valence-corrected chi connectivity index (χ1v) is 7.57. The lowest BCUT2D eigenvalue weighted by atomic mass is 10.0. The van der Waals surface area contributed by atoms with Gasteiger partial charge in [0.25, 0.3) is 0 Å². The first-order valence-electron chi connectivity index (χ1n) is 7.57. The predicted octanol–water partition coefficient (Wildman–Crippen LogP) is 3.69. The first kappa shape index (κ1) is 16.2. The van der Waals surface area contributed by atoms with Crippen molar-refractivity contribution in [3.05, 3.63) is 34.9 Å². The average Bonchev–Trinajstić information content (AvgIpc) is 2.33. The number of benzene rings is 1. The minimum Gasteiger partial charge on any atom is -0.309 e. The largest absolute Gasteiger partial charge is 0.309 e. The van der Waals surface area contributed by atoms with Crippen molar-refractivity contribution in [3.8, 4) is 0 Å². The monoisotopic (exact) mass is 262 g/mol. The van der Waals surface area contributed by atoms with Crippen molar-refractivity contribution in [2.24, 2.45) is 0 Å². The van der Waals surface area contributed by atoms with E-state index in [1.54, 1.807) is 0 Å². The SMILES string of the molecule is CCCNC(CN(C)CCC)c1cc(C)cc(C)c1. The highest BCUT2D eigenvalue weighted by Gasteiger charge is 2.13. The van der Waals surface area contributed by atoms with Gasteiger partial charge in [-0.15, -0.1) is 0 Å². The van der Waals surface area contributed by atoms with Crippen LogP contribution in [-0.2, 0) is 0 Å². The van der Waals surface area contributed by atoms with Crippen LogP contribution in [0.4, 0.5) is 0 Å². The van der Waals surface area contributed by atoms with Crippen LogP contribution in [0, 0.1) is 13.8 Å². The predicted molar refractivity (Wildman–Crippen MR) is 84.7 cm³/mol. The van der Waals surface area contributed by atoms with Crippen molar-refractivity contribution in [1.82, 2.24) is 10.2 Å². The maximum atomic E-state index is 3.69. The summed E-state index contributed by atoms with van der Waals surface area (Å²) in [7, 11) is 2.22. The lowest BCUT2D eigenvalue weighted by Crippen LogP contribution is -2.34. The molecule has 0 aliphatic carbocycles. The molecule has 108 valence electrons. The molecule has 1 N–H and O–H groups in total.